The third kappa shape index (κ3) is 7.90. The molecule has 0 aliphatic carbocycles. The summed E-state index contributed by atoms with van der Waals surface area (Å²) in [6.07, 6.45) is 5.48. The number of likely N-dealkylation sites (tertiary alicyclic amines) is 1. The van der Waals surface area contributed by atoms with Crippen LogP contribution >= 0.6 is 0 Å². The first-order chi connectivity index (χ1) is 11.0. The maximum Gasteiger partial charge on any atom is 0.410 e. The molecule has 0 spiro atoms. The minimum atomic E-state index is -3.65. The first-order valence-corrected chi connectivity index (χ1v) is 10.8. The predicted molar refractivity (Wildman–Crippen MR) is 88.4 cm³/mol. The fourth-order valence-electron chi connectivity index (χ4n) is 2.17. The largest absolute Gasteiger partial charge is 0.445 e. The number of carbonyl (C=O) groups excluding carboxylic acids is 1. The normalized spacial score (nSPS) is 22.0. The molecule has 0 bridgehead atoms. The topological polar surface area (TPSA) is 119 Å². The molecule has 138 valence electrons. The molecule has 1 amide bonds. The third-order valence-electron chi connectivity index (χ3n) is 3.00. The number of sulfonamides is 1. The van der Waals surface area contributed by atoms with Gasteiger partial charge in [0.1, 0.15) is 6.61 Å². The average molecular weight is 382 g/mol. The maximum atomic E-state index is 12.0. The molecule has 0 aromatic heterocycles. The van der Waals surface area contributed by atoms with Crippen molar-refractivity contribution in [2.45, 2.75) is 18.6 Å². The smallest absolute Gasteiger partial charge is 0.410 e. The van der Waals surface area contributed by atoms with Crippen molar-refractivity contribution in [2.24, 2.45) is 0 Å². The summed E-state index contributed by atoms with van der Waals surface area (Å²) in [6.45, 7) is 3.58. The van der Waals surface area contributed by atoms with Crippen molar-refractivity contribution >= 4 is 26.2 Å². The number of amides is 1. The molecule has 1 heterocycles. The minimum Gasteiger partial charge on any atom is -0.445 e. The molecule has 1 fully saturated rings. The van der Waals surface area contributed by atoms with Gasteiger partial charge in [-0.25, -0.2) is 17.9 Å². The summed E-state index contributed by atoms with van der Waals surface area (Å²) in [6, 6.07) is -0.463. The lowest BCUT2D eigenvalue weighted by atomic mass is 10.2. The first-order valence-electron chi connectivity index (χ1n) is 7.05. The molecule has 0 aromatic rings. The Kier molecular flexibility index (Phi) is 7.39. The minimum absolute atomic E-state index is 0.0268. The molecule has 0 saturated carbocycles. The van der Waals surface area contributed by atoms with Crippen LogP contribution < -0.4 is 4.72 Å². The summed E-state index contributed by atoms with van der Waals surface area (Å²) in [5, 5.41) is 0. The molecular formula is C13H22N2O7S2. The number of hydrogen-bond acceptors (Lipinski definition) is 7. The Morgan fingerprint density at radius 3 is 2.54 bits per heavy atom. The summed E-state index contributed by atoms with van der Waals surface area (Å²) in [5.74, 6) is 0. The molecule has 2 unspecified atom stereocenters. The molecule has 0 aromatic carbocycles. The van der Waals surface area contributed by atoms with Crippen molar-refractivity contribution < 1.29 is 30.6 Å². The molecule has 1 aliphatic heterocycles. The van der Waals surface area contributed by atoms with Crippen molar-refractivity contribution in [3.05, 3.63) is 24.8 Å². The van der Waals surface area contributed by atoms with Crippen molar-refractivity contribution in [1.82, 2.24) is 9.62 Å². The van der Waals surface area contributed by atoms with Crippen LogP contribution in [0.15, 0.2) is 24.8 Å². The maximum absolute atomic E-state index is 12.0. The van der Waals surface area contributed by atoms with Crippen molar-refractivity contribution in [3.8, 4) is 0 Å². The number of carbonyl (C=O) groups is 1. The molecule has 24 heavy (non-hydrogen) atoms. The van der Waals surface area contributed by atoms with Gasteiger partial charge in [0.2, 0.25) is 10.0 Å². The van der Waals surface area contributed by atoms with Crippen molar-refractivity contribution in [1.29, 1.82) is 0 Å². The van der Waals surface area contributed by atoms with Crippen LogP contribution in [0, 0.1) is 0 Å². The van der Waals surface area contributed by atoms with E-state index < -0.39 is 38.4 Å². The van der Waals surface area contributed by atoms with E-state index in [1.165, 1.54) is 11.0 Å². The fraction of sp³-hybridized carbons (Fsp3) is 0.615. The highest BCUT2D eigenvalue weighted by Crippen LogP contribution is 2.23. The van der Waals surface area contributed by atoms with E-state index in [-0.39, 0.29) is 26.1 Å². The molecule has 1 saturated heterocycles. The highest BCUT2D eigenvalue weighted by Gasteiger charge is 2.36. The van der Waals surface area contributed by atoms with Crippen LogP contribution in [0.25, 0.3) is 0 Å². The monoisotopic (exact) mass is 382 g/mol. The zero-order valence-electron chi connectivity index (χ0n) is 13.5. The lowest BCUT2D eigenvalue weighted by Crippen LogP contribution is -2.36. The number of ether oxygens (including phenoxy) is 1. The van der Waals surface area contributed by atoms with Gasteiger partial charge in [0, 0.05) is 13.0 Å². The number of hydrogen-bond donors (Lipinski definition) is 1. The van der Waals surface area contributed by atoms with E-state index in [4.69, 9.17) is 8.92 Å². The Balaban J connectivity index is 2.76. The van der Waals surface area contributed by atoms with Crippen LogP contribution in [0.2, 0.25) is 0 Å². The van der Waals surface area contributed by atoms with Gasteiger partial charge < -0.3 is 4.74 Å². The van der Waals surface area contributed by atoms with Gasteiger partial charge in [0.05, 0.1) is 31.2 Å². The van der Waals surface area contributed by atoms with Gasteiger partial charge in [0.25, 0.3) is 10.1 Å². The van der Waals surface area contributed by atoms with E-state index in [1.807, 2.05) is 0 Å². The van der Waals surface area contributed by atoms with Crippen LogP contribution in [0.4, 0.5) is 4.79 Å². The van der Waals surface area contributed by atoms with Gasteiger partial charge in [-0.2, -0.15) is 8.42 Å². The molecular weight excluding hydrogens is 360 g/mol. The summed E-state index contributed by atoms with van der Waals surface area (Å²) in [4.78, 5) is 13.4. The zero-order valence-corrected chi connectivity index (χ0v) is 15.2. The summed E-state index contributed by atoms with van der Waals surface area (Å²) in [7, 11) is -6.97. The number of nitrogens with one attached hydrogen (secondary N) is 1. The van der Waals surface area contributed by atoms with Gasteiger partial charge in [-0.05, 0) is 0 Å². The Morgan fingerprint density at radius 1 is 1.33 bits per heavy atom. The van der Waals surface area contributed by atoms with Crippen LogP contribution in [0.1, 0.15) is 6.42 Å². The number of rotatable bonds is 8. The quantitative estimate of drug-likeness (QED) is 0.457. The first kappa shape index (κ1) is 20.6. The highest BCUT2D eigenvalue weighted by atomic mass is 32.2. The molecule has 11 heteroatoms. The standard InChI is InChI=1S/C13H22N2O7S2/c1-4-8-21-13(16)15-10-12(22-24(3,19)20)9-11(15)6-5-7-14-23(2,17)18/h4-6,11-12,14H,1,7-10H2,2-3H3/b6-5+. The van der Waals surface area contributed by atoms with E-state index in [2.05, 4.69) is 11.3 Å². The van der Waals surface area contributed by atoms with Crippen molar-refractivity contribution in [2.75, 3.05) is 32.2 Å². The van der Waals surface area contributed by atoms with Crippen LogP contribution in [-0.4, -0.2) is 72.2 Å². The van der Waals surface area contributed by atoms with Gasteiger partial charge in [-0.15, -0.1) is 0 Å². The third-order valence-corrected chi connectivity index (χ3v) is 4.31. The van der Waals surface area contributed by atoms with Gasteiger partial charge in [-0.3, -0.25) is 9.08 Å². The number of nitrogens with zero attached hydrogens (tertiary/aromatic N) is 1. The summed E-state index contributed by atoms with van der Waals surface area (Å²) >= 11 is 0. The molecule has 9 nitrogen and oxygen atoms in total. The Hall–Kier alpha value is -1.43. The predicted octanol–water partition coefficient (Wildman–Crippen LogP) is -0.166. The molecule has 1 rings (SSSR count). The van der Waals surface area contributed by atoms with Crippen LogP contribution in [0.5, 0.6) is 0 Å². The second-order valence-corrected chi connectivity index (χ2v) is 8.73. The Morgan fingerprint density at radius 2 is 2.00 bits per heavy atom. The molecule has 1 N–H and O–H groups in total. The van der Waals surface area contributed by atoms with E-state index >= 15 is 0 Å². The Bertz CT molecular complexity index is 685. The molecule has 1 aliphatic rings. The molecule has 0 radical (unpaired) electrons. The van der Waals surface area contributed by atoms with Crippen LogP contribution in [-0.2, 0) is 29.1 Å². The average Bonchev–Trinajstić information content (AvgIpc) is 2.80. The Labute approximate surface area is 142 Å². The zero-order chi connectivity index (χ0) is 18.4. The second-order valence-electron chi connectivity index (χ2n) is 5.29. The summed E-state index contributed by atoms with van der Waals surface area (Å²) in [5.41, 5.74) is 0. The lowest BCUT2D eigenvalue weighted by molar-refractivity contribution is 0.109. The van der Waals surface area contributed by atoms with Gasteiger partial charge >= 0.3 is 6.09 Å². The SMILES string of the molecule is C=CCOC(=O)N1CC(OS(C)(=O)=O)CC1/C=C/CNS(C)(=O)=O. The van der Waals surface area contributed by atoms with Crippen LogP contribution in [0.3, 0.4) is 0 Å². The highest BCUT2D eigenvalue weighted by molar-refractivity contribution is 7.88. The fourth-order valence-corrected chi connectivity index (χ4v) is 3.21. The van der Waals surface area contributed by atoms with E-state index in [9.17, 15) is 21.6 Å². The summed E-state index contributed by atoms with van der Waals surface area (Å²) < 4.78 is 56.7. The van der Waals surface area contributed by atoms with E-state index in [0.717, 1.165) is 12.5 Å². The van der Waals surface area contributed by atoms with E-state index in [0.29, 0.717) is 0 Å². The van der Waals surface area contributed by atoms with Gasteiger partial charge in [-0.1, -0.05) is 24.8 Å². The van der Waals surface area contributed by atoms with Crippen molar-refractivity contribution in [3.63, 3.8) is 0 Å². The second kappa shape index (κ2) is 8.60. The van der Waals surface area contributed by atoms with Gasteiger partial charge in [0.15, 0.2) is 0 Å². The van der Waals surface area contributed by atoms with E-state index in [1.54, 1.807) is 12.2 Å². The lowest BCUT2D eigenvalue weighted by Gasteiger charge is -2.20. The molecule has 2 atom stereocenters.